The van der Waals surface area contributed by atoms with E-state index in [9.17, 15) is 8.78 Å². The minimum atomic E-state index is -2.81. The Morgan fingerprint density at radius 1 is 1.13 bits per heavy atom. The van der Waals surface area contributed by atoms with Crippen LogP contribution in [0.15, 0.2) is 24.3 Å². The topological polar surface area (TPSA) is 18.5 Å². The molecule has 1 aromatic carbocycles. The minimum Gasteiger partial charge on any atom is -0.487 e. The molecule has 0 spiro atoms. The lowest BCUT2D eigenvalue weighted by Gasteiger charge is -2.27. The molecule has 2 nitrogen and oxygen atoms in total. The Morgan fingerprint density at radius 2 is 1.80 bits per heavy atom. The number of hydrogen-bond donors (Lipinski definition) is 0. The fraction of sp³-hybridized carbons (Fsp3) is 0.455. The molecule has 1 aliphatic carbocycles. The maximum absolute atomic E-state index is 12.1. The van der Waals surface area contributed by atoms with Gasteiger partial charge < -0.3 is 9.47 Å². The van der Waals surface area contributed by atoms with E-state index in [2.05, 4.69) is 4.74 Å². The van der Waals surface area contributed by atoms with Gasteiger partial charge in [-0.05, 0) is 31.4 Å². The first kappa shape index (κ1) is 10.2. The van der Waals surface area contributed by atoms with Crippen LogP contribution in [0.2, 0.25) is 0 Å². The van der Waals surface area contributed by atoms with Gasteiger partial charge in [-0.2, -0.15) is 8.78 Å². The van der Waals surface area contributed by atoms with Gasteiger partial charge in [0.15, 0.2) is 11.5 Å². The molecule has 1 fully saturated rings. The predicted octanol–water partition coefficient (Wildman–Crippen LogP) is 3.22. The van der Waals surface area contributed by atoms with Crippen molar-refractivity contribution in [3.8, 4) is 11.5 Å². The molecular formula is C11H12F2O2. The van der Waals surface area contributed by atoms with Crippen LogP contribution in [0.3, 0.4) is 0 Å². The molecule has 1 saturated carbocycles. The molecule has 1 aromatic rings. The summed E-state index contributed by atoms with van der Waals surface area (Å²) in [7, 11) is 0. The Morgan fingerprint density at radius 3 is 2.33 bits per heavy atom. The smallest absolute Gasteiger partial charge is 0.387 e. The summed E-state index contributed by atoms with van der Waals surface area (Å²) in [4.78, 5) is 0. The van der Waals surface area contributed by atoms with Gasteiger partial charge in [-0.25, -0.2) is 0 Å². The van der Waals surface area contributed by atoms with Crippen LogP contribution in [-0.4, -0.2) is 12.7 Å². The number of ether oxygens (including phenoxy) is 2. The van der Waals surface area contributed by atoms with Crippen LogP contribution in [0.25, 0.3) is 0 Å². The van der Waals surface area contributed by atoms with Gasteiger partial charge in [0.2, 0.25) is 0 Å². The van der Waals surface area contributed by atoms with Gasteiger partial charge in [0, 0.05) is 0 Å². The summed E-state index contributed by atoms with van der Waals surface area (Å²) < 4.78 is 34.0. The molecule has 2 rings (SSSR count). The highest BCUT2D eigenvalue weighted by atomic mass is 19.3. The third-order valence-corrected chi connectivity index (χ3v) is 2.41. The predicted molar refractivity (Wildman–Crippen MR) is 51.3 cm³/mol. The highest BCUT2D eigenvalue weighted by molar-refractivity contribution is 5.39. The lowest BCUT2D eigenvalue weighted by atomic mass is 9.96. The summed E-state index contributed by atoms with van der Waals surface area (Å²) in [6.45, 7) is -2.81. The van der Waals surface area contributed by atoms with Gasteiger partial charge in [0.25, 0.3) is 0 Å². The molecule has 0 radical (unpaired) electrons. The van der Waals surface area contributed by atoms with E-state index in [1.54, 1.807) is 18.2 Å². The summed E-state index contributed by atoms with van der Waals surface area (Å²) in [5.41, 5.74) is 0. The average molecular weight is 214 g/mol. The largest absolute Gasteiger partial charge is 0.487 e. The normalized spacial score (nSPS) is 16.2. The van der Waals surface area contributed by atoms with Crippen LogP contribution in [0, 0.1) is 0 Å². The lowest BCUT2D eigenvalue weighted by Crippen LogP contribution is -2.24. The van der Waals surface area contributed by atoms with Crippen LogP contribution in [0.1, 0.15) is 19.3 Å². The zero-order valence-corrected chi connectivity index (χ0v) is 8.16. The summed E-state index contributed by atoms with van der Waals surface area (Å²) >= 11 is 0. The van der Waals surface area contributed by atoms with Gasteiger partial charge in [0.05, 0.1) is 6.10 Å². The van der Waals surface area contributed by atoms with Crippen molar-refractivity contribution in [2.45, 2.75) is 32.0 Å². The van der Waals surface area contributed by atoms with Crippen LogP contribution in [0.4, 0.5) is 8.78 Å². The first-order chi connectivity index (χ1) is 7.25. The number of alkyl halides is 2. The second kappa shape index (κ2) is 4.47. The van der Waals surface area contributed by atoms with Gasteiger partial charge in [-0.3, -0.25) is 0 Å². The molecule has 0 heterocycles. The van der Waals surface area contributed by atoms with Crippen molar-refractivity contribution >= 4 is 0 Å². The van der Waals surface area contributed by atoms with Crippen LogP contribution < -0.4 is 9.47 Å². The third kappa shape index (κ3) is 2.58. The molecular weight excluding hydrogens is 202 g/mol. The Bertz CT molecular complexity index is 324. The number of rotatable bonds is 4. The van der Waals surface area contributed by atoms with Crippen LogP contribution >= 0.6 is 0 Å². The van der Waals surface area contributed by atoms with E-state index in [-0.39, 0.29) is 11.9 Å². The SMILES string of the molecule is FC(F)Oc1ccccc1OC1CCC1. The van der Waals surface area contributed by atoms with E-state index < -0.39 is 6.61 Å². The van der Waals surface area contributed by atoms with Crippen LogP contribution in [0.5, 0.6) is 11.5 Å². The standard InChI is InChI=1S/C11H12F2O2/c12-11(13)15-10-7-2-1-6-9(10)14-8-4-3-5-8/h1-2,6-8,11H,3-5H2. The first-order valence-corrected chi connectivity index (χ1v) is 4.96. The molecule has 4 heteroatoms. The van der Waals surface area contributed by atoms with E-state index >= 15 is 0 Å². The highest BCUT2D eigenvalue weighted by Gasteiger charge is 2.21. The third-order valence-electron chi connectivity index (χ3n) is 2.41. The van der Waals surface area contributed by atoms with E-state index in [0.717, 1.165) is 19.3 Å². The summed E-state index contributed by atoms with van der Waals surface area (Å²) in [5, 5.41) is 0. The molecule has 0 unspecified atom stereocenters. The Balaban J connectivity index is 2.06. The number of hydrogen-bond acceptors (Lipinski definition) is 2. The molecule has 0 aromatic heterocycles. The second-order valence-electron chi connectivity index (χ2n) is 3.50. The monoisotopic (exact) mass is 214 g/mol. The van der Waals surface area contributed by atoms with Crippen molar-refractivity contribution in [1.82, 2.24) is 0 Å². The second-order valence-corrected chi connectivity index (χ2v) is 3.50. The lowest BCUT2D eigenvalue weighted by molar-refractivity contribution is -0.0526. The Kier molecular flexibility index (Phi) is 3.04. The summed E-state index contributed by atoms with van der Waals surface area (Å²) in [6, 6.07) is 6.52. The van der Waals surface area contributed by atoms with Crippen molar-refractivity contribution < 1.29 is 18.3 Å². The molecule has 15 heavy (non-hydrogen) atoms. The zero-order valence-electron chi connectivity index (χ0n) is 8.16. The number of benzene rings is 1. The minimum absolute atomic E-state index is 0.111. The summed E-state index contributed by atoms with van der Waals surface area (Å²) in [5.74, 6) is 0.516. The molecule has 0 bridgehead atoms. The van der Waals surface area contributed by atoms with Crippen LogP contribution in [-0.2, 0) is 0 Å². The molecule has 0 amide bonds. The maximum atomic E-state index is 12.1. The van der Waals surface area contributed by atoms with E-state index in [0.29, 0.717) is 5.75 Å². The van der Waals surface area contributed by atoms with Gasteiger partial charge in [-0.1, -0.05) is 12.1 Å². The molecule has 1 aliphatic rings. The van der Waals surface area contributed by atoms with Crippen molar-refractivity contribution in [1.29, 1.82) is 0 Å². The molecule has 82 valence electrons. The number of para-hydroxylation sites is 2. The first-order valence-electron chi connectivity index (χ1n) is 4.96. The van der Waals surface area contributed by atoms with E-state index in [4.69, 9.17) is 4.74 Å². The number of halogens is 2. The molecule has 0 aliphatic heterocycles. The molecule has 0 atom stereocenters. The van der Waals surface area contributed by atoms with Gasteiger partial charge in [-0.15, -0.1) is 0 Å². The van der Waals surface area contributed by atoms with Crippen molar-refractivity contribution in [2.75, 3.05) is 0 Å². The Labute approximate surface area is 86.8 Å². The molecule has 0 N–H and O–H groups in total. The van der Waals surface area contributed by atoms with Crippen molar-refractivity contribution in [3.05, 3.63) is 24.3 Å². The average Bonchev–Trinajstić information content (AvgIpc) is 2.13. The van der Waals surface area contributed by atoms with Crippen molar-refractivity contribution in [2.24, 2.45) is 0 Å². The Hall–Kier alpha value is -1.32. The maximum Gasteiger partial charge on any atom is 0.387 e. The molecule has 0 saturated heterocycles. The fourth-order valence-electron chi connectivity index (χ4n) is 1.41. The van der Waals surface area contributed by atoms with E-state index in [1.807, 2.05) is 0 Å². The fourth-order valence-corrected chi connectivity index (χ4v) is 1.41. The van der Waals surface area contributed by atoms with Gasteiger partial charge >= 0.3 is 6.61 Å². The van der Waals surface area contributed by atoms with Crippen molar-refractivity contribution in [3.63, 3.8) is 0 Å². The van der Waals surface area contributed by atoms with Gasteiger partial charge in [0.1, 0.15) is 0 Å². The quantitative estimate of drug-likeness (QED) is 0.766. The highest BCUT2D eigenvalue weighted by Crippen LogP contribution is 2.32. The zero-order chi connectivity index (χ0) is 10.7. The van der Waals surface area contributed by atoms with E-state index in [1.165, 1.54) is 6.07 Å². The summed E-state index contributed by atoms with van der Waals surface area (Å²) in [6.07, 6.45) is 3.28.